The van der Waals surface area contributed by atoms with Crippen LogP contribution in [0.2, 0.25) is 0 Å². The smallest absolute Gasteiger partial charge is 0.347 e. The van der Waals surface area contributed by atoms with Gasteiger partial charge in [0, 0.05) is 12.1 Å². The monoisotopic (exact) mass is 330 g/mol. The van der Waals surface area contributed by atoms with Gasteiger partial charge < -0.3 is 18.9 Å². The van der Waals surface area contributed by atoms with Crippen LogP contribution in [0.4, 0.5) is 0 Å². The summed E-state index contributed by atoms with van der Waals surface area (Å²) in [6.07, 6.45) is 0. The van der Waals surface area contributed by atoms with E-state index in [2.05, 4.69) is 0 Å². The van der Waals surface area contributed by atoms with Gasteiger partial charge in [0.2, 0.25) is 0 Å². The quantitative estimate of drug-likeness (QED) is 0.615. The Bertz CT molecular complexity index is 742. The summed E-state index contributed by atoms with van der Waals surface area (Å²) in [6.45, 7) is 5.83. The van der Waals surface area contributed by atoms with E-state index < -0.39 is 5.97 Å². The standard InChI is InChI=1S/C19H22O5/c1-11-7-12(2)18(13(3)8-11)24-19(20)14-9-16(22-5)17(23-6)10-15(14)21-4/h7-10H,1-6H3. The minimum absolute atomic E-state index is 0.273. The molecule has 0 fully saturated rings. The SMILES string of the molecule is COc1cc(OC)c(C(=O)Oc2c(C)cc(C)cc2C)cc1OC. The first-order valence-corrected chi connectivity index (χ1v) is 7.51. The van der Waals surface area contributed by atoms with Crippen molar-refractivity contribution < 1.29 is 23.7 Å². The summed E-state index contributed by atoms with van der Waals surface area (Å²) < 4.78 is 21.4. The Hall–Kier alpha value is -2.69. The zero-order valence-electron chi connectivity index (χ0n) is 14.9. The van der Waals surface area contributed by atoms with Crippen molar-refractivity contribution in [1.29, 1.82) is 0 Å². The average Bonchev–Trinajstić information content (AvgIpc) is 2.56. The third-order valence-corrected chi connectivity index (χ3v) is 3.73. The maximum absolute atomic E-state index is 12.7. The molecule has 0 aliphatic carbocycles. The topological polar surface area (TPSA) is 54.0 Å². The van der Waals surface area contributed by atoms with Crippen LogP contribution in [0, 0.1) is 20.8 Å². The number of aryl methyl sites for hydroxylation is 3. The lowest BCUT2D eigenvalue weighted by Crippen LogP contribution is -2.12. The number of hydrogen-bond acceptors (Lipinski definition) is 5. The van der Waals surface area contributed by atoms with Crippen molar-refractivity contribution in [2.24, 2.45) is 0 Å². The zero-order valence-corrected chi connectivity index (χ0v) is 14.9. The number of carbonyl (C=O) groups is 1. The summed E-state index contributed by atoms with van der Waals surface area (Å²) in [5.41, 5.74) is 3.20. The number of esters is 1. The molecule has 0 atom stereocenters. The second-order valence-corrected chi connectivity index (χ2v) is 5.52. The molecule has 0 amide bonds. The summed E-state index contributed by atoms with van der Waals surface area (Å²) >= 11 is 0. The van der Waals surface area contributed by atoms with Crippen LogP contribution in [0.3, 0.4) is 0 Å². The van der Waals surface area contributed by atoms with Gasteiger partial charge >= 0.3 is 5.97 Å². The largest absolute Gasteiger partial charge is 0.496 e. The molecule has 24 heavy (non-hydrogen) atoms. The molecule has 2 aromatic rings. The van der Waals surface area contributed by atoms with Crippen molar-refractivity contribution in [3.05, 3.63) is 46.5 Å². The number of hydrogen-bond donors (Lipinski definition) is 0. The highest BCUT2D eigenvalue weighted by Gasteiger charge is 2.21. The maximum atomic E-state index is 12.7. The van der Waals surface area contributed by atoms with Gasteiger partial charge in [-0.25, -0.2) is 4.79 Å². The third-order valence-electron chi connectivity index (χ3n) is 3.73. The van der Waals surface area contributed by atoms with Crippen molar-refractivity contribution in [3.8, 4) is 23.0 Å². The predicted octanol–water partition coefficient (Wildman–Crippen LogP) is 3.86. The summed E-state index contributed by atoms with van der Waals surface area (Å²) in [5.74, 6) is 1.32. The highest BCUT2D eigenvalue weighted by molar-refractivity contribution is 5.95. The van der Waals surface area contributed by atoms with E-state index in [9.17, 15) is 4.79 Å². The number of carbonyl (C=O) groups excluding carboxylic acids is 1. The molecule has 0 aliphatic rings. The van der Waals surface area contributed by atoms with Crippen LogP contribution in [-0.4, -0.2) is 27.3 Å². The molecule has 128 valence electrons. The Kier molecular flexibility index (Phi) is 5.34. The molecule has 0 heterocycles. The molecule has 0 radical (unpaired) electrons. The fraction of sp³-hybridized carbons (Fsp3) is 0.316. The Labute approximate surface area is 142 Å². The number of ether oxygens (including phenoxy) is 4. The molecule has 0 saturated carbocycles. The van der Waals surface area contributed by atoms with Crippen molar-refractivity contribution in [2.45, 2.75) is 20.8 Å². The van der Waals surface area contributed by atoms with Gasteiger partial charge in [0.25, 0.3) is 0 Å². The fourth-order valence-corrected chi connectivity index (χ4v) is 2.66. The van der Waals surface area contributed by atoms with E-state index in [1.165, 1.54) is 21.3 Å². The predicted molar refractivity (Wildman–Crippen MR) is 91.7 cm³/mol. The first-order chi connectivity index (χ1) is 11.4. The van der Waals surface area contributed by atoms with Crippen molar-refractivity contribution in [3.63, 3.8) is 0 Å². The lowest BCUT2D eigenvalue weighted by atomic mass is 10.1. The second-order valence-electron chi connectivity index (χ2n) is 5.52. The molecule has 0 unspecified atom stereocenters. The molecular formula is C19H22O5. The molecule has 0 aliphatic heterocycles. The molecule has 0 spiro atoms. The maximum Gasteiger partial charge on any atom is 0.347 e. The fourth-order valence-electron chi connectivity index (χ4n) is 2.66. The molecule has 0 N–H and O–H groups in total. The summed E-state index contributed by atoms with van der Waals surface area (Å²) in [4.78, 5) is 12.7. The molecular weight excluding hydrogens is 308 g/mol. The molecule has 2 aromatic carbocycles. The van der Waals surface area contributed by atoms with E-state index in [1.807, 2.05) is 32.9 Å². The summed E-state index contributed by atoms with van der Waals surface area (Å²) in [7, 11) is 4.52. The molecule has 0 saturated heterocycles. The van der Waals surface area contributed by atoms with Crippen LogP contribution in [0.1, 0.15) is 27.0 Å². The van der Waals surface area contributed by atoms with Gasteiger partial charge in [-0.15, -0.1) is 0 Å². The minimum atomic E-state index is -0.511. The minimum Gasteiger partial charge on any atom is -0.496 e. The van der Waals surface area contributed by atoms with E-state index in [4.69, 9.17) is 18.9 Å². The lowest BCUT2D eigenvalue weighted by Gasteiger charge is -2.15. The van der Waals surface area contributed by atoms with E-state index in [1.54, 1.807) is 12.1 Å². The van der Waals surface area contributed by atoms with Crippen LogP contribution in [0.5, 0.6) is 23.0 Å². The van der Waals surface area contributed by atoms with E-state index in [-0.39, 0.29) is 5.56 Å². The Balaban J connectivity index is 2.43. The lowest BCUT2D eigenvalue weighted by molar-refractivity contribution is 0.0728. The van der Waals surface area contributed by atoms with Crippen molar-refractivity contribution >= 4 is 5.97 Å². The normalized spacial score (nSPS) is 10.2. The van der Waals surface area contributed by atoms with Gasteiger partial charge in [0.05, 0.1) is 21.3 Å². The first kappa shape index (κ1) is 17.7. The summed E-state index contributed by atoms with van der Waals surface area (Å²) in [6, 6.07) is 7.10. The Morgan fingerprint density at radius 3 is 1.75 bits per heavy atom. The van der Waals surface area contributed by atoms with E-state index >= 15 is 0 Å². The van der Waals surface area contributed by atoms with Gasteiger partial charge in [-0.1, -0.05) is 17.7 Å². The van der Waals surface area contributed by atoms with Crippen molar-refractivity contribution in [1.82, 2.24) is 0 Å². The van der Waals surface area contributed by atoms with Crippen LogP contribution >= 0.6 is 0 Å². The van der Waals surface area contributed by atoms with Crippen LogP contribution in [0.25, 0.3) is 0 Å². The van der Waals surface area contributed by atoms with Gasteiger partial charge in [0.1, 0.15) is 17.1 Å². The zero-order chi connectivity index (χ0) is 17.9. The summed E-state index contributed by atoms with van der Waals surface area (Å²) in [5, 5.41) is 0. The molecule has 5 heteroatoms. The highest BCUT2D eigenvalue weighted by Crippen LogP contribution is 2.35. The Morgan fingerprint density at radius 1 is 0.750 bits per heavy atom. The highest BCUT2D eigenvalue weighted by atomic mass is 16.5. The third kappa shape index (κ3) is 3.45. The van der Waals surface area contributed by atoms with E-state index in [0.29, 0.717) is 23.0 Å². The van der Waals surface area contributed by atoms with Gasteiger partial charge in [-0.05, 0) is 31.9 Å². The number of benzene rings is 2. The van der Waals surface area contributed by atoms with Crippen LogP contribution < -0.4 is 18.9 Å². The molecule has 0 aromatic heterocycles. The number of methoxy groups -OCH3 is 3. The number of rotatable bonds is 5. The molecule has 5 nitrogen and oxygen atoms in total. The first-order valence-electron chi connectivity index (χ1n) is 7.51. The van der Waals surface area contributed by atoms with Gasteiger partial charge in [-0.3, -0.25) is 0 Å². The van der Waals surface area contributed by atoms with Crippen molar-refractivity contribution in [2.75, 3.05) is 21.3 Å². The molecule has 2 rings (SSSR count). The van der Waals surface area contributed by atoms with E-state index in [0.717, 1.165) is 16.7 Å². The van der Waals surface area contributed by atoms with Crippen LogP contribution in [0.15, 0.2) is 24.3 Å². The van der Waals surface area contributed by atoms with Gasteiger partial charge in [0.15, 0.2) is 11.5 Å². The molecule has 0 bridgehead atoms. The Morgan fingerprint density at radius 2 is 1.25 bits per heavy atom. The average molecular weight is 330 g/mol. The van der Waals surface area contributed by atoms with Gasteiger partial charge in [-0.2, -0.15) is 0 Å². The van der Waals surface area contributed by atoms with Crippen LogP contribution in [-0.2, 0) is 0 Å². The second kappa shape index (κ2) is 7.25.